The van der Waals surface area contributed by atoms with Crippen LogP contribution in [-0.4, -0.2) is 95.8 Å². The summed E-state index contributed by atoms with van der Waals surface area (Å²) in [6.07, 6.45) is 1.54. The van der Waals surface area contributed by atoms with E-state index < -0.39 is 17.5 Å². The van der Waals surface area contributed by atoms with Crippen LogP contribution in [0.5, 0.6) is 5.75 Å². The van der Waals surface area contributed by atoms with Crippen molar-refractivity contribution in [1.82, 2.24) is 30.3 Å². The maximum atomic E-state index is 13.0. The molecule has 0 spiro atoms. The van der Waals surface area contributed by atoms with E-state index in [9.17, 15) is 14.4 Å². The third kappa shape index (κ3) is 4.71. The molecule has 3 aliphatic rings. The van der Waals surface area contributed by atoms with Crippen LogP contribution in [0.25, 0.3) is 0 Å². The van der Waals surface area contributed by atoms with E-state index in [-0.39, 0.29) is 19.0 Å². The smallest absolute Gasteiger partial charge is 0.323 e. The number of imide groups is 1. The highest BCUT2D eigenvalue weighted by Crippen LogP contribution is 2.28. The number of urea groups is 1. The number of benzene rings is 1. The lowest BCUT2D eigenvalue weighted by Gasteiger charge is -2.33. The first-order chi connectivity index (χ1) is 17.8. The summed E-state index contributed by atoms with van der Waals surface area (Å²) >= 11 is 0. The second-order valence-electron chi connectivity index (χ2n) is 9.32. The Morgan fingerprint density at radius 2 is 1.95 bits per heavy atom. The van der Waals surface area contributed by atoms with Gasteiger partial charge in [-0.3, -0.25) is 25.3 Å². The highest BCUT2D eigenvalue weighted by molar-refractivity contribution is 6.10. The van der Waals surface area contributed by atoms with E-state index in [0.717, 1.165) is 31.7 Å². The number of pyridine rings is 1. The fourth-order valence-electron chi connectivity index (χ4n) is 4.59. The summed E-state index contributed by atoms with van der Waals surface area (Å²) < 4.78 is 5.22. The molecule has 1 unspecified atom stereocenters. The number of ether oxygens (including phenoxy) is 1. The zero-order valence-electron chi connectivity index (χ0n) is 20.6. The Morgan fingerprint density at radius 1 is 1.16 bits per heavy atom. The van der Waals surface area contributed by atoms with Gasteiger partial charge in [-0.1, -0.05) is 17.9 Å². The summed E-state index contributed by atoms with van der Waals surface area (Å²) in [5.74, 6) is 5.84. The van der Waals surface area contributed by atoms with Gasteiger partial charge in [-0.15, -0.1) is 0 Å². The summed E-state index contributed by atoms with van der Waals surface area (Å²) in [6, 6.07) is 8.03. The van der Waals surface area contributed by atoms with Gasteiger partial charge in [0.1, 0.15) is 17.3 Å². The van der Waals surface area contributed by atoms with Gasteiger partial charge in [-0.25, -0.2) is 4.79 Å². The molecule has 1 aromatic heterocycles. The molecule has 37 heavy (non-hydrogen) atoms. The minimum atomic E-state index is -1.61. The molecule has 2 saturated heterocycles. The van der Waals surface area contributed by atoms with Crippen molar-refractivity contribution in [3.05, 3.63) is 58.9 Å². The van der Waals surface area contributed by atoms with Crippen molar-refractivity contribution in [3.8, 4) is 17.6 Å². The van der Waals surface area contributed by atoms with Crippen LogP contribution in [0.1, 0.15) is 27.2 Å². The predicted molar refractivity (Wildman–Crippen MR) is 134 cm³/mol. The first kappa shape index (κ1) is 24.3. The molecule has 2 aromatic rings. The number of amidine groups is 1. The largest absolute Gasteiger partial charge is 0.497 e. The van der Waals surface area contributed by atoms with Crippen LogP contribution in [0, 0.1) is 17.3 Å². The summed E-state index contributed by atoms with van der Waals surface area (Å²) in [5, 5.41) is 13.3. The molecule has 5 rings (SSSR count). The van der Waals surface area contributed by atoms with Gasteiger partial charge in [0, 0.05) is 50.0 Å². The number of fused-ring (bicyclic) bond motifs is 1. The number of carbonyl (C=O) groups is 3. The molecule has 0 radical (unpaired) electrons. The Morgan fingerprint density at radius 3 is 2.59 bits per heavy atom. The van der Waals surface area contributed by atoms with Crippen molar-refractivity contribution >= 4 is 23.7 Å². The normalized spacial score (nSPS) is 21.2. The van der Waals surface area contributed by atoms with Crippen LogP contribution < -0.4 is 15.4 Å². The average molecular weight is 502 g/mol. The molecule has 3 N–H and O–H groups in total. The van der Waals surface area contributed by atoms with Gasteiger partial charge in [0.05, 0.1) is 13.7 Å². The number of aromatic nitrogens is 1. The molecule has 190 valence electrons. The second-order valence-corrected chi connectivity index (χ2v) is 9.32. The van der Waals surface area contributed by atoms with E-state index in [0.29, 0.717) is 28.4 Å². The predicted octanol–water partition coefficient (Wildman–Crippen LogP) is 0.249. The van der Waals surface area contributed by atoms with Gasteiger partial charge < -0.3 is 24.8 Å². The van der Waals surface area contributed by atoms with Gasteiger partial charge >= 0.3 is 6.03 Å². The Kier molecular flexibility index (Phi) is 6.27. The third-order valence-electron chi connectivity index (χ3n) is 6.81. The Hall–Kier alpha value is -4.43. The van der Waals surface area contributed by atoms with Crippen molar-refractivity contribution in [1.29, 1.82) is 5.41 Å². The summed E-state index contributed by atoms with van der Waals surface area (Å²) in [6.45, 7) is 3.48. The lowest BCUT2D eigenvalue weighted by atomic mass is 9.99. The minimum Gasteiger partial charge on any atom is -0.497 e. The highest BCUT2D eigenvalue weighted by Gasteiger charge is 2.48. The molecule has 4 amide bonds. The van der Waals surface area contributed by atoms with Crippen LogP contribution in [-0.2, 0) is 11.3 Å². The lowest BCUT2D eigenvalue weighted by molar-refractivity contribution is -0.122. The van der Waals surface area contributed by atoms with Gasteiger partial charge in [-0.05, 0) is 36.9 Å². The zero-order valence-corrected chi connectivity index (χ0v) is 20.6. The van der Waals surface area contributed by atoms with E-state index in [4.69, 9.17) is 10.1 Å². The number of likely N-dealkylation sites (N-methyl/N-ethyl adjacent to an activating group) is 1. The first-order valence-electron chi connectivity index (χ1n) is 11.9. The van der Waals surface area contributed by atoms with Gasteiger partial charge in [0.25, 0.3) is 11.8 Å². The molecule has 11 nitrogen and oxygen atoms in total. The van der Waals surface area contributed by atoms with Crippen molar-refractivity contribution in [2.45, 2.75) is 12.1 Å². The quantitative estimate of drug-likeness (QED) is 0.237. The molecular weight excluding hydrogens is 474 g/mol. The Labute approximate surface area is 214 Å². The van der Waals surface area contributed by atoms with E-state index in [1.165, 1.54) is 12.0 Å². The van der Waals surface area contributed by atoms with Crippen LogP contribution in [0.15, 0.2) is 36.5 Å². The Bertz CT molecular complexity index is 1340. The number of carbonyl (C=O) groups excluding carboxylic acids is 3. The average Bonchev–Trinajstić information content (AvgIpc) is 3.36. The molecule has 4 heterocycles. The topological polar surface area (TPSA) is 131 Å². The van der Waals surface area contributed by atoms with Crippen molar-refractivity contribution in [2.24, 2.45) is 0 Å². The van der Waals surface area contributed by atoms with E-state index in [2.05, 4.69) is 39.4 Å². The minimum absolute atomic E-state index is 0.118. The van der Waals surface area contributed by atoms with Crippen LogP contribution >= 0.6 is 0 Å². The fourth-order valence-corrected chi connectivity index (χ4v) is 4.59. The monoisotopic (exact) mass is 501 g/mol. The lowest BCUT2D eigenvalue weighted by Crippen LogP contribution is -2.54. The molecule has 3 aliphatic heterocycles. The third-order valence-corrected chi connectivity index (χ3v) is 6.81. The maximum Gasteiger partial charge on any atom is 0.323 e. The Balaban J connectivity index is 1.34. The molecular formula is C26H27N7O4. The number of amides is 4. The number of methoxy groups -OCH3 is 1. The number of piperazine rings is 1. The van der Waals surface area contributed by atoms with Crippen molar-refractivity contribution in [3.63, 3.8) is 0 Å². The number of nitrogens with zero attached hydrogens (tertiary/aromatic N) is 4. The molecule has 1 atom stereocenters. The number of hydrogen-bond donors (Lipinski definition) is 3. The van der Waals surface area contributed by atoms with Gasteiger partial charge in [-0.2, -0.15) is 0 Å². The first-order valence-corrected chi connectivity index (χ1v) is 11.9. The van der Waals surface area contributed by atoms with E-state index in [1.54, 1.807) is 30.5 Å². The van der Waals surface area contributed by atoms with E-state index in [1.807, 2.05) is 11.0 Å². The maximum absolute atomic E-state index is 13.0. The van der Waals surface area contributed by atoms with Crippen LogP contribution in [0.4, 0.5) is 4.79 Å². The molecule has 0 saturated carbocycles. The van der Waals surface area contributed by atoms with Gasteiger partial charge in [0.15, 0.2) is 0 Å². The summed E-state index contributed by atoms with van der Waals surface area (Å²) in [4.78, 5) is 48.0. The summed E-state index contributed by atoms with van der Waals surface area (Å²) in [5.41, 5.74) is 0.747. The van der Waals surface area contributed by atoms with Gasteiger partial charge in [0.2, 0.25) is 5.54 Å². The molecule has 1 aromatic carbocycles. The highest BCUT2D eigenvalue weighted by atomic mass is 16.5. The number of nitrogens with one attached hydrogen (secondary N) is 3. The molecule has 11 heteroatoms. The standard InChI is InChI=1S/C26H27N7O4/c1-31-9-11-32(12-10-31)22(27)21-6-3-17(14-28-21)7-8-26(24(35)29-25(36)30-26)16-33-15-18-4-5-19(37-2)13-20(18)23(33)34/h3-6,13-14,27H,9-12,15-16H2,1-2H3,(H2,29,30,35,36). The second kappa shape index (κ2) is 9.55. The fraction of sp³-hybridized carbons (Fsp3) is 0.346. The van der Waals surface area contributed by atoms with Crippen LogP contribution in [0.2, 0.25) is 0 Å². The SMILES string of the molecule is COc1ccc2c(c1)C(=O)N(CC1(C#Cc3ccc(C(=N)N4CCN(C)CC4)nc3)NC(=O)NC1=O)C2. The molecule has 0 bridgehead atoms. The molecule has 0 aliphatic carbocycles. The summed E-state index contributed by atoms with van der Waals surface area (Å²) in [7, 11) is 3.58. The molecule has 2 fully saturated rings. The van der Waals surface area contributed by atoms with Crippen LogP contribution in [0.3, 0.4) is 0 Å². The van der Waals surface area contributed by atoms with E-state index >= 15 is 0 Å². The zero-order chi connectivity index (χ0) is 26.2. The van der Waals surface area contributed by atoms with Crippen molar-refractivity contribution in [2.75, 3.05) is 46.9 Å². The number of hydrogen-bond acceptors (Lipinski definition) is 7. The van der Waals surface area contributed by atoms with Crippen molar-refractivity contribution < 1.29 is 19.1 Å². The number of rotatable bonds is 4.